The lowest BCUT2D eigenvalue weighted by Gasteiger charge is -2.20. The Morgan fingerprint density at radius 2 is 2.44 bits per heavy atom. The molecule has 2 N–H and O–H groups in total. The zero-order valence-corrected chi connectivity index (χ0v) is 9.56. The maximum Gasteiger partial charge on any atom is 0.207 e. The van der Waals surface area contributed by atoms with E-state index < -0.39 is 0 Å². The van der Waals surface area contributed by atoms with Gasteiger partial charge >= 0.3 is 0 Å². The summed E-state index contributed by atoms with van der Waals surface area (Å²) < 4.78 is 0. The molecule has 0 fully saturated rings. The molecule has 0 saturated heterocycles. The van der Waals surface area contributed by atoms with Gasteiger partial charge in [-0.15, -0.1) is 0 Å². The first kappa shape index (κ1) is 12.6. The maximum absolute atomic E-state index is 8.45. The van der Waals surface area contributed by atoms with Crippen LogP contribution in [-0.4, -0.2) is 13.7 Å². The fraction of sp³-hybridized carbons (Fsp3) is 0.500. The van der Waals surface area contributed by atoms with Gasteiger partial charge in [-0.25, -0.2) is 0 Å². The Kier molecular flexibility index (Phi) is 4.36. The van der Waals surface area contributed by atoms with Crippen molar-refractivity contribution >= 4 is 13.7 Å². The highest BCUT2D eigenvalue weighted by Crippen LogP contribution is 2.30. The molecule has 0 bridgehead atoms. The molecule has 1 rings (SSSR count). The number of amidine groups is 1. The van der Waals surface area contributed by atoms with Gasteiger partial charge in [0.1, 0.15) is 5.84 Å². The molecule has 0 aromatic carbocycles. The number of aliphatic imine (C=N–C) groups is 1. The third-order valence-corrected chi connectivity index (χ3v) is 2.84. The number of hydrogen-bond donors (Lipinski definition) is 1. The van der Waals surface area contributed by atoms with Crippen LogP contribution in [0.25, 0.3) is 0 Å². The van der Waals surface area contributed by atoms with Gasteiger partial charge in [0.25, 0.3) is 0 Å². The Morgan fingerprint density at radius 1 is 1.69 bits per heavy atom. The quantitative estimate of drug-likeness (QED) is 0.256. The molecule has 1 aliphatic carbocycles. The van der Waals surface area contributed by atoms with E-state index in [2.05, 4.69) is 30.1 Å². The summed E-state index contributed by atoms with van der Waals surface area (Å²) in [5.41, 5.74) is 5.71. The third-order valence-electron chi connectivity index (χ3n) is 2.84. The smallest absolute Gasteiger partial charge is 0.207 e. The molecule has 0 amide bonds. The summed E-state index contributed by atoms with van der Waals surface area (Å²) in [6.07, 6.45) is 12.4. The van der Waals surface area contributed by atoms with Crippen LogP contribution in [0.15, 0.2) is 29.3 Å². The van der Waals surface area contributed by atoms with Crippen molar-refractivity contribution in [2.24, 2.45) is 22.1 Å². The van der Waals surface area contributed by atoms with Crippen LogP contribution in [0.5, 0.6) is 0 Å². The van der Waals surface area contributed by atoms with Crippen LogP contribution in [0.1, 0.15) is 19.8 Å². The fourth-order valence-corrected chi connectivity index (χ4v) is 1.79. The average molecular weight is 213 g/mol. The summed E-state index contributed by atoms with van der Waals surface area (Å²) in [4.78, 5) is 3.57. The molecule has 4 heteroatoms. The molecule has 2 atom stereocenters. The molecule has 2 radical (unpaired) electrons. The van der Waals surface area contributed by atoms with Crippen molar-refractivity contribution < 1.29 is 0 Å². The minimum absolute atomic E-state index is 0.00355. The van der Waals surface area contributed by atoms with Gasteiger partial charge in [-0.3, -0.25) is 0 Å². The first-order chi connectivity index (χ1) is 7.61. The topological polar surface area (TPSA) is 62.2 Å². The second-order valence-corrected chi connectivity index (χ2v) is 4.28. The molecule has 16 heavy (non-hydrogen) atoms. The highest BCUT2D eigenvalue weighted by atomic mass is 14.9. The largest absolute Gasteiger partial charge is 0.386 e. The van der Waals surface area contributed by atoms with Crippen molar-refractivity contribution in [3.63, 3.8) is 0 Å². The van der Waals surface area contributed by atoms with Gasteiger partial charge in [-0.05, 0) is 12.8 Å². The van der Waals surface area contributed by atoms with Gasteiger partial charge in [0, 0.05) is 11.3 Å². The van der Waals surface area contributed by atoms with Gasteiger partial charge in [-0.1, -0.05) is 37.5 Å². The van der Waals surface area contributed by atoms with Gasteiger partial charge < -0.3 is 5.73 Å². The number of hydrogen-bond acceptors (Lipinski definition) is 2. The number of allylic oxidation sites excluding steroid dienone is 3. The van der Waals surface area contributed by atoms with Crippen LogP contribution in [0.3, 0.4) is 0 Å². The molecule has 82 valence electrons. The fourth-order valence-electron chi connectivity index (χ4n) is 1.79. The lowest BCUT2D eigenvalue weighted by molar-refractivity contribution is 0.530. The summed E-state index contributed by atoms with van der Waals surface area (Å²) in [6.45, 7) is 2.13. The highest BCUT2D eigenvalue weighted by Gasteiger charge is 2.20. The van der Waals surface area contributed by atoms with E-state index in [1.807, 2.05) is 6.08 Å². The van der Waals surface area contributed by atoms with Crippen LogP contribution in [-0.2, 0) is 0 Å². The molecular weight excluding hydrogens is 197 g/mol. The third kappa shape index (κ3) is 3.27. The maximum atomic E-state index is 8.45. The Morgan fingerprint density at radius 3 is 3.06 bits per heavy atom. The van der Waals surface area contributed by atoms with E-state index in [4.69, 9.17) is 18.8 Å². The van der Waals surface area contributed by atoms with Crippen molar-refractivity contribution in [2.45, 2.75) is 26.1 Å². The van der Waals surface area contributed by atoms with E-state index in [0.29, 0.717) is 12.2 Å². The summed E-state index contributed by atoms with van der Waals surface area (Å²) in [7, 11) is 5.58. The van der Waals surface area contributed by atoms with Crippen molar-refractivity contribution in [1.82, 2.24) is 0 Å². The van der Waals surface area contributed by atoms with E-state index in [0.717, 1.165) is 12.8 Å². The van der Waals surface area contributed by atoms with E-state index in [1.165, 1.54) is 0 Å². The van der Waals surface area contributed by atoms with Crippen LogP contribution in [0.2, 0.25) is 6.32 Å². The lowest BCUT2D eigenvalue weighted by Crippen LogP contribution is -2.21. The summed E-state index contributed by atoms with van der Waals surface area (Å²) in [5, 5.41) is 8.45. The minimum atomic E-state index is -0.00355. The average Bonchev–Trinajstić information content (AvgIpc) is 2.41. The summed E-state index contributed by atoms with van der Waals surface area (Å²) >= 11 is 0. The predicted octanol–water partition coefficient (Wildman–Crippen LogP) is 1.94. The Bertz CT molecular complexity index is 365. The SMILES string of the molecule is [B]CCC1(C)C=CCC(C(N)=NC#N)C=C1. The zero-order chi connectivity index (χ0) is 12.0. The van der Waals surface area contributed by atoms with Crippen molar-refractivity contribution in [1.29, 1.82) is 5.26 Å². The number of rotatable bonds is 3. The first-order valence-corrected chi connectivity index (χ1v) is 5.40. The standard InChI is InChI=1S/C12H16BN3/c1-12(7-8-13)5-2-3-10(4-6-12)11(15)16-9-14/h2,4-6,10H,3,7-8H2,1H3,(H2,15,16). The summed E-state index contributed by atoms with van der Waals surface area (Å²) in [6, 6.07) is 0. The Balaban J connectivity index is 2.82. The second-order valence-electron chi connectivity index (χ2n) is 4.28. The molecule has 0 saturated carbocycles. The molecule has 0 spiro atoms. The monoisotopic (exact) mass is 213 g/mol. The van der Waals surface area contributed by atoms with Gasteiger partial charge in [0.05, 0.1) is 7.85 Å². The number of nitrogens with zero attached hydrogens (tertiary/aromatic N) is 2. The van der Waals surface area contributed by atoms with Crippen molar-refractivity contribution in [3.05, 3.63) is 24.3 Å². The summed E-state index contributed by atoms with van der Waals surface area (Å²) in [5.74, 6) is 0.399. The normalized spacial score (nSPS) is 29.8. The van der Waals surface area contributed by atoms with Crippen LogP contribution in [0, 0.1) is 22.8 Å². The van der Waals surface area contributed by atoms with Gasteiger partial charge in [0.15, 0.2) is 0 Å². The van der Waals surface area contributed by atoms with Crippen LogP contribution in [0.4, 0.5) is 0 Å². The molecular formula is C12H16BN3. The molecule has 1 aliphatic rings. The Hall–Kier alpha value is -1.50. The van der Waals surface area contributed by atoms with E-state index >= 15 is 0 Å². The molecule has 2 unspecified atom stereocenters. The van der Waals surface area contributed by atoms with E-state index in [-0.39, 0.29) is 11.3 Å². The van der Waals surface area contributed by atoms with E-state index in [1.54, 1.807) is 6.19 Å². The molecule has 3 nitrogen and oxygen atoms in total. The first-order valence-electron chi connectivity index (χ1n) is 5.40. The number of nitriles is 1. The van der Waals surface area contributed by atoms with Crippen LogP contribution >= 0.6 is 0 Å². The van der Waals surface area contributed by atoms with Crippen molar-refractivity contribution in [3.8, 4) is 6.19 Å². The number of nitrogens with two attached hydrogens (primary N) is 1. The lowest BCUT2D eigenvalue weighted by atomic mass is 9.80. The molecule has 0 aromatic rings. The second kappa shape index (κ2) is 5.55. The van der Waals surface area contributed by atoms with Gasteiger partial charge in [0.2, 0.25) is 6.19 Å². The van der Waals surface area contributed by atoms with Crippen LogP contribution < -0.4 is 5.73 Å². The molecule has 0 aromatic heterocycles. The van der Waals surface area contributed by atoms with Gasteiger partial charge in [-0.2, -0.15) is 10.3 Å². The molecule has 0 aliphatic heterocycles. The zero-order valence-electron chi connectivity index (χ0n) is 9.56. The minimum Gasteiger partial charge on any atom is -0.386 e. The predicted molar refractivity (Wildman–Crippen MR) is 66.9 cm³/mol. The van der Waals surface area contributed by atoms with E-state index in [9.17, 15) is 0 Å². The Labute approximate surface area is 98.1 Å². The molecule has 0 heterocycles. The highest BCUT2D eigenvalue weighted by molar-refractivity contribution is 6.08. The van der Waals surface area contributed by atoms with Crippen molar-refractivity contribution in [2.75, 3.05) is 0 Å².